The van der Waals surface area contributed by atoms with Gasteiger partial charge in [-0.1, -0.05) is 15.9 Å². The van der Waals surface area contributed by atoms with Crippen LogP contribution in [0.2, 0.25) is 0 Å². The standard InChI is InChI=1S/C14H10BrFO2/c15-11-4-5-12(16)14-10(11)6-8-2-1-3-9(7-17)13(8)18-14/h4-7H,1-3H2. The molecule has 0 aromatic heterocycles. The number of carbonyl (C=O) groups excluding carboxylic acids is 1. The average molecular weight is 309 g/mol. The lowest BCUT2D eigenvalue weighted by atomic mass is 9.91. The Balaban J connectivity index is 2.23. The van der Waals surface area contributed by atoms with Gasteiger partial charge in [0.25, 0.3) is 0 Å². The SMILES string of the molecule is O=CC1=C2Oc3c(F)ccc(Br)c3C=C2CCC1. The molecule has 0 fully saturated rings. The first-order valence-electron chi connectivity index (χ1n) is 5.76. The van der Waals surface area contributed by atoms with E-state index >= 15 is 0 Å². The van der Waals surface area contributed by atoms with Gasteiger partial charge in [0.2, 0.25) is 0 Å². The van der Waals surface area contributed by atoms with Crippen molar-refractivity contribution in [1.82, 2.24) is 0 Å². The summed E-state index contributed by atoms with van der Waals surface area (Å²) in [5.74, 6) is 0.331. The maximum absolute atomic E-state index is 13.8. The van der Waals surface area contributed by atoms with Gasteiger partial charge in [-0.15, -0.1) is 0 Å². The van der Waals surface area contributed by atoms with Crippen LogP contribution in [0.1, 0.15) is 24.8 Å². The van der Waals surface area contributed by atoms with Gasteiger partial charge in [0.05, 0.1) is 0 Å². The maximum Gasteiger partial charge on any atom is 0.171 e. The van der Waals surface area contributed by atoms with Crippen molar-refractivity contribution in [2.24, 2.45) is 0 Å². The number of hydrogen-bond donors (Lipinski definition) is 0. The van der Waals surface area contributed by atoms with Crippen LogP contribution in [0.25, 0.3) is 6.08 Å². The van der Waals surface area contributed by atoms with Crippen molar-refractivity contribution in [3.63, 3.8) is 0 Å². The number of allylic oxidation sites excluding steroid dienone is 2. The Hall–Kier alpha value is -1.42. The number of hydrogen-bond acceptors (Lipinski definition) is 2. The first kappa shape index (κ1) is 11.7. The fourth-order valence-electron chi connectivity index (χ4n) is 2.35. The van der Waals surface area contributed by atoms with Crippen LogP contribution in [-0.2, 0) is 4.79 Å². The predicted octanol–water partition coefficient (Wildman–Crippen LogP) is 4.00. The molecule has 1 heterocycles. The first-order valence-corrected chi connectivity index (χ1v) is 6.55. The molecular formula is C14H10BrFO2. The summed E-state index contributed by atoms with van der Waals surface area (Å²) < 4.78 is 20.2. The van der Waals surface area contributed by atoms with Crippen molar-refractivity contribution in [2.45, 2.75) is 19.3 Å². The van der Waals surface area contributed by atoms with Crippen LogP contribution in [0.5, 0.6) is 5.75 Å². The van der Waals surface area contributed by atoms with Crippen molar-refractivity contribution in [3.05, 3.63) is 44.9 Å². The highest BCUT2D eigenvalue weighted by Crippen LogP contribution is 2.42. The van der Waals surface area contributed by atoms with Crippen molar-refractivity contribution in [3.8, 4) is 5.75 Å². The molecular weight excluding hydrogens is 299 g/mol. The van der Waals surface area contributed by atoms with Crippen LogP contribution in [0, 0.1) is 5.82 Å². The smallest absolute Gasteiger partial charge is 0.171 e. The van der Waals surface area contributed by atoms with Gasteiger partial charge in [-0.25, -0.2) is 4.39 Å². The lowest BCUT2D eigenvalue weighted by molar-refractivity contribution is -0.105. The Morgan fingerprint density at radius 3 is 2.94 bits per heavy atom. The van der Waals surface area contributed by atoms with Gasteiger partial charge < -0.3 is 4.74 Å². The van der Waals surface area contributed by atoms with Crippen LogP contribution in [0.3, 0.4) is 0 Å². The third-order valence-electron chi connectivity index (χ3n) is 3.24. The molecule has 2 nitrogen and oxygen atoms in total. The van der Waals surface area contributed by atoms with Crippen molar-refractivity contribution in [2.75, 3.05) is 0 Å². The van der Waals surface area contributed by atoms with Gasteiger partial charge in [0.15, 0.2) is 11.6 Å². The average Bonchev–Trinajstić information content (AvgIpc) is 2.41. The summed E-state index contributed by atoms with van der Waals surface area (Å²) in [6.45, 7) is 0. The quantitative estimate of drug-likeness (QED) is 0.733. The predicted molar refractivity (Wildman–Crippen MR) is 69.6 cm³/mol. The van der Waals surface area contributed by atoms with Crippen molar-refractivity contribution >= 4 is 28.3 Å². The monoisotopic (exact) mass is 308 g/mol. The molecule has 0 atom stereocenters. The summed E-state index contributed by atoms with van der Waals surface area (Å²) in [5, 5.41) is 0. The third kappa shape index (κ3) is 1.72. The Bertz CT molecular complexity index is 602. The molecule has 1 aromatic carbocycles. The van der Waals surface area contributed by atoms with Gasteiger partial charge >= 0.3 is 0 Å². The van der Waals surface area contributed by atoms with Crippen LogP contribution >= 0.6 is 15.9 Å². The van der Waals surface area contributed by atoms with Crippen molar-refractivity contribution in [1.29, 1.82) is 0 Å². The summed E-state index contributed by atoms with van der Waals surface area (Å²) in [6.07, 6.45) is 5.19. The van der Waals surface area contributed by atoms with Crippen LogP contribution in [0.15, 0.2) is 33.5 Å². The number of halogens is 2. The van der Waals surface area contributed by atoms with Crippen molar-refractivity contribution < 1.29 is 13.9 Å². The molecule has 0 N–H and O–H groups in total. The highest BCUT2D eigenvalue weighted by Gasteiger charge is 2.26. The summed E-state index contributed by atoms with van der Waals surface area (Å²) in [4.78, 5) is 11.0. The van der Waals surface area contributed by atoms with E-state index in [2.05, 4.69) is 15.9 Å². The lowest BCUT2D eigenvalue weighted by Crippen LogP contribution is -2.14. The molecule has 3 rings (SSSR count). The summed E-state index contributed by atoms with van der Waals surface area (Å²) in [6, 6.07) is 3.01. The number of fused-ring (bicyclic) bond motifs is 2. The van der Waals surface area contributed by atoms with Crippen LogP contribution in [-0.4, -0.2) is 6.29 Å². The molecule has 0 radical (unpaired) electrons. The fourth-order valence-corrected chi connectivity index (χ4v) is 2.77. The minimum atomic E-state index is -0.410. The zero-order chi connectivity index (χ0) is 12.7. The molecule has 0 bridgehead atoms. The van der Waals surface area contributed by atoms with Gasteiger partial charge in [0.1, 0.15) is 12.0 Å². The molecule has 18 heavy (non-hydrogen) atoms. The number of rotatable bonds is 1. The number of carbonyl (C=O) groups is 1. The fraction of sp³-hybridized carbons (Fsp3) is 0.214. The van der Waals surface area contributed by atoms with E-state index in [1.54, 1.807) is 6.07 Å². The molecule has 92 valence electrons. The Morgan fingerprint density at radius 1 is 1.33 bits per heavy atom. The minimum absolute atomic E-state index is 0.198. The minimum Gasteiger partial charge on any atom is -0.453 e. The largest absolute Gasteiger partial charge is 0.453 e. The molecule has 1 aromatic rings. The molecule has 0 unspecified atom stereocenters. The Kier molecular flexibility index (Phi) is 2.82. The van der Waals surface area contributed by atoms with E-state index in [0.717, 1.165) is 29.2 Å². The van der Waals surface area contributed by atoms with E-state index in [9.17, 15) is 9.18 Å². The molecule has 0 spiro atoms. The van der Waals surface area contributed by atoms with E-state index in [1.165, 1.54) is 6.07 Å². The molecule has 1 aliphatic heterocycles. The molecule has 0 saturated heterocycles. The van der Waals surface area contributed by atoms with Gasteiger partial charge in [0, 0.05) is 15.6 Å². The first-order chi connectivity index (χ1) is 8.70. The van der Waals surface area contributed by atoms with E-state index in [1.807, 2.05) is 6.08 Å². The van der Waals surface area contributed by atoms with Gasteiger partial charge in [-0.3, -0.25) is 4.79 Å². The second-order valence-corrected chi connectivity index (χ2v) is 5.22. The third-order valence-corrected chi connectivity index (χ3v) is 3.93. The van der Waals surface area contributed by atoms with E-state index in [-0.39, 0.29) is 5.75 Å². The number of aldehydes is 1. The summed E-state index contributed by atoms with van der Waals surface area (Å²) >= 11 is 3.39. The van der Waals surface area contributed by atoms with Gasteiger partial charge in [-0.2, -0.15) is 0 Å². The topological polar surface area (TPSA) is 26.3 Å². The van der Waals surface area contributed by atoms with E-state index in [4.69, 9.17) is 4.74 Å². The summed E-state index contributed by atoms with van der Waals surface area (Å²) in [7, 11) is 0. The Labute approximate surface area is 112 Å². The Morgan fingerprint density at radius 2 is 2.17 bits per heavy atom. The van der Waals surface area contributed by atoms with E-state index < -0.39 is 5.82 Å². The molecule has 2 aliphatic rings. The maximum atomic E-state index is 13.8. The van der Waals surface area contributed by atoms with Crippen LogP contribution < -0.4 is 4.74 Å². The lowest BCUT2D eigenvalue weighted by Gasteiger charge is -2.26. The van der Waals surface area contributed by atoms with Crippen LogP contribution in [0.4, 0.5) is 4.39 Å². The second kappa shape index (κ2) is 4.35. The molecule has 1 aliphatic carbocycles. The number of ether oxygens (including phenoxy) is 1. The molecule has 4 heteroatoms. The van der Waals surface area contributed by atoms with E-state index in [0.29, 0.717) is 23.3 Å². The normalized spacial score (nSPS) is 17.6. The zero-order valence-corrected chi connectivity index (χ0v) is 11.1. The number of benzene rings is 1. The molecule has 0 amide bonds. The molecule has 0 saturated carbocycles. The van der Waals surface area contributed by atoms with Gasteiger partial charge in [-0.05, 0) is 43.0 Å². The zero-order valence-electron chi connectivity index (χ0n) is 9.50. The second-order valence-electron chi connectivity index (χ2n) is 4.37. The highest BCUT2D eigenvalue weighted by molar-refractivity contribution is 9.10. The summed E-state index contributed by atoms with van der Waals surface area (Å²) in [5.41, 5.74) is 2.31. The highest BCUT2D eigenvalue weighted by atomic mass is 79.9.